The number of anilines is 1. The Hall–Kier alpha value is -1.88. The Balaban J connectivity index is 2.77. The zero-order valence-corrected chi connectivity index (χ0v) is 14.5. The monoisotopic (exact) mass is 340 g/mol. The highest BCUT2D eigenvalue weighted by atomic mass is 35.5. The molecule has 0 aliphatic rings. The molecular formula is C17H25ClN2O3. The van der Waals surface area contributed by atoms with Crippen LogP contribution < -0.4 is 10.2 Å². The van der Waals surface area contributed by atoms with Crippen molar-refractivity contribution in [3.8, 4) is 0 Å². The number of aliphatic carboxylic acids is 1. The van der Waals surface area contributed by atoms with Crippen LogP contribution in [0.2, 0.25) is 0 Å². The molecule has 1 rings (SSSR count). The topological polar surface area (TPSA) is 61.8 Å². The van der Waals surface area contributed by atoms with Gasteiger partial charge in [0.15, 0.2) is 5.88 Å². The second-order valence-electron chi connectivity index (χ2n) is 5.21. The molecule has 6 heteroatoms. The van der Waals surface area contributed by atoms with Crippen LogP contribution in [0.5, 0.6) is 0 Å². The summed E-state index contributed by atoms with van der Waals surface area (Å²) in [6.07, 6.45) is 1.39. The summed E-state index contributed by atoms with van der Waals surface area (Å²) in [6.45, 7) is 7.46. The quantitative estimate of drug-likeness (QED) is 0.479. The molecule has 0 bridgehead atoms. The number of carbonyl (C=O) groups is 1. The number of carboxylic acid groups (broad SMARTS) is 1. The Morgan fingerprint density at radius 1 is 1.39 bits per heavy atom. The van der Waals surface area contributed by atoms with Gasteiger partial charge in [-0.1, -0.05) is 19.1 Å². The van der Waals surface area contributed by atoms with Crippen molar-refractivity contribution in [2.24, 2.45) is 0 Å². The van der Waals surface area contributed by atoms with Crippen molar-refractivity contribution in [1.82, 2.24) is 5.32 Å². The minimum atomic E-state index is -0.943. The molecule has 0 radical (unpaired) electrons. The molecule has 0 heterocycles. The van der Waals surface area contributed by atoms with Gasteiger partial charge in [-0.2, -0.15) is 0 Å². The average Bonchev–Trinajstić information content (AvgIpc) is 2.54. The SMILES string of the molecule is C=C(NC(Cc1ccc(N(CCC)CCCl)cc1)C(=O)O)OC. The van der Waals surface area contributed by atoms with E-state index in [0.717, 1.165) is 30.8 Å². The number of nitrogens with zero attached hydrogens (tertiary/aromatic N) is 1. The van der Waals surface area contributed by atoms with E-state index in [2.05, 4.69) is 23.7 Å². The van der Waals surface area contributed by atoms with Crippen LogP contribution in [0.1, 0.15) is 18.9 Å². The maximum absolute atomic E-state index is 11.3. The first kappa shape index (κ1) is 19.2. The van der Waals surface area contributed by atoms with E-state index in [4.69, 9.17) is 16.3 Å². The lowest BCUT2D eigenvalue weighted by molar-refractivity contribution is -0.139. The third kappa shape index (κ3) is 6.40. The number of hydrogen-bond donors (Lipinski definition) is 2. The predicted molar refractivity (Wildman–Crippen MR) is 94.1 cm³/mol. The maximum atomic E-state index is 11.3. The standard InChI is InChI=1S/C17H25ClN2O3/c1-4-10-20(11-9-18)15-7-5-14(6-8-15)12-16(17(21)22)19-13(2)23-3/h5-8,16,19H,2,4,9-12H2,1,3H3,(H,21,22). The van der Waals surface area contributed by atoms with Crippen LogP contribution in [0.25, 0.3) is 0 Å². The summed E-state index contributed by atoms with van der Waals surface area (Å²) in [6, 6.07) is 7.12. The zero-order chi connectivity index (χ0) is 17.2. The largest absolute Gasteiger partial charge is 0.483 e. The van der Waals surface area contributed by atoms with E-state index in [0.29, 0.717) is 12.3 Å². The number of carboxylic acids is 1. The van der Waals surface area contributed by atoms with Gasteiger partial charge in [0, 0.05) is 31.1 Å². The minimum absolute atomic E-state index is 0.241. The van der Waals surface area contributed by atoms with Crippen molar-refractivity contribution in [3.05, 3.63) is 42.3 Å². The molecule has 1 aromatic rings. The van der Waals surface area contributed by atoms with Gasteiger partial charge < -0.3 is 20.1 Å². The number of methoxy groups -OCH3 is 1. The second kappa shape index (κ2) is 10.0. The summed E-state index contributed by atoms with van der Waals surface area (Å²) < 4.78 is 4.88. The number of ether oxygens (including phenoxy) is 1. The lowest BCUT2D eigenvalue weighted by Gasteiger charge is -2.23. The average molecular weight is 341 g/mol. The normalized spacial score (nSPS) is 11.6. The molecule has 2 N–H and O–H groups in total. The Kier molecular flexibility index (Phi) is 8.33. The van der Waals surface area contributed by atoms with Crippen molar-refractivity contribution in [3.63, 3.8) is 0 Å². The molecular weight excluding hydrogens is 316 g/mol. The summed E-state index contributed by atoms with van der Waals surface area (Å²) in [7, 11) is 1.45. The predicted octanol–water partition coefficient (Wildman–Crippen LogP) is 2.84. The fourth-order valence-corrected chi connectivity index (χ4v) is 2.48. The van der Waals surface area contributed by atoms with Gasteiger partial charge in [0.25, 0.3) is 0 Å². The molecule has 0 fully saturated rings. The summed E-state index contributed by atoms with van der Waals surface area (Å²) in [5, 5.41) is 12.0. The molecule has 1 atom stereocenters. The summed E-state index contributed by atoms with van der Waals surface area (Å²) in [5.74, 6) is -0.126. The van der Waals surface area contributed by atoms with Gasteiger partial charge in [0.1, 0.15) is 6.04 Å². The fourth-order valence-electron chi connectivity index (χ4n) is 2.27. The number of rotatable bonds is 11. The van der Waals surface area contributed by atoms with Crippen LogP contribution >= 0.6 is 11.6 Å². The van der Waals surface area contributed by atoms with E-state index in [1.807, 2.05) is 24.3 Å². The Labute approximate surface area is 142 Å². The van der Waals surface area contributed by atoms with E-state index >= 15 is 0 Å². The van der Waals surface area contributed by atoms with Crippen molar-refractivity contribution in [2.45, 2.75) is 25.8 Å². The first-order chi connectivity index (χ1) is 11.0. The molecule has 5 nitrogen and oxygen atoms in total. The molecule has 0 aliphatic carbocycles. The van der Waals surface area contributed by atoms with Crippen molar-refractivity contribution in [1.29, 1.82) is 0 Å². The highest BCUT2D eigenvalue weighted by molar-refractivity contribution is 6.18. The number of benzene rings is 1. The van der Waals surface area contributed by atoms with Gasteiger partial charge >= 0.3 is 5.97 Å². The van der Waals surface area contributed by atoms with Crippen LogP contribution in [0.15, 0.2) is 36.7 Å². The molecule has 0 amide bonds. The van der Waals surface area contributed by atoms with Crippen molar-refractivity contribution in [2.75, 3.05) is 31.0 Å². The molecule has 128 valence electrons. The van der Waals surface area contributed by atoms with Crippen LogP contribution in [-0.4, -0.2) is 43.2 Å². The maximum Gasteiger partial charge on any atom is 0.326 e. The van der Waals surface area contributed by atoms with Gasteiger partial charge in [-0.05, 0) is 30.7 Å². The molecule has 0 aliphatic heterocycles. The van der Waals surface area contributed by atoms with E-state index < -0.39 is 12.0 Å². The lowest BCUT2D eigenvalue weighted by Crippen LogP contribution is -2.38. The van der Waals surface area contributed by atoms with Gasteiger partial charge in [0.2, 0.25) is 0 Å². The molecule has 0 spiro atoms. The fraction of sp³-hybridized carbons (Fsp3) is 0.471. The van der Waals surface area contributed by atoms with Crippen molar-refractivity contribution < 1.29 is 14.6 Å². The third-order valence-electron chi connectivity index (χ3n) is 3.47. The van der Waals surface area contributed by atoms with Gasteiger partial charge in [-0.15, -0.1) is 11.6 Å². The molecule has 0 saturated carbocycles. The first-order valence-corrected chi connectivity index (χ1v) is 8.17. The number of hydrogen-bond acceptors (Lipinski definition) is 4. The van der Waals surface area contributed by atoms with Crippen LogP contribution in [0.3, 0.4) is 0 Å². The first-order valence-electron chi connectivity index (χ1n) is 7.63. The van der Waals surface area contributed by atoms with E-state index in [9.17, 15) is 9.90 Å². The number of alkyl halides is 1. The Bertz CT molecular complexity index is 499. The van der Waals surface area contributed by atoms with Gasteiger partial charge in [0.05, 0.1) is 7.11 Å². The van der Waals surface area contributed by atoms with Crippen molar-refractivity contribution >= 4 is 23.3 Å². The van der Waals surface area contributed by atoms with Gasteiger partial charge in [-0.3, -0.25) is 0 Å². The molecule has 1 unspecified atom stereocenters. The van der Waals surface area contributed by atoms with E-state index in [-0.39, 0.29) is 5.88 Å². The smallest absolute Gasteiger partial charge is 0.326 e. The van der Waals surface area contributed by atoms with Crippen LogP contribution in [-0.2, 0) is 16.0 Å². The summed E-state index contributed by atoms with van der Waals surface area (Å²) in [5.41, 5.74) is 2.03. The molecule has 23 heavy (non-hydrogen) atoms. The Morgan fingerprint density at radius 2 is 2.04 bits per heavy atom. The minimum Gasteiger partial charge on any atom is -0.483 e. The number of nitrogens with one attached hydrogen (secondary N) is 1. The molecule has 0 saturated heterocycles. The van der Waals surface area contributed by atoms with Crippen LogP contribution in [0.4, 0.5) is 5.69 Å². The van der Waals surface area contributed by atoms with E-state index in [1.54, 1.807) is 0 Å². The number of halogens is 1. The second-order valence-corrected chi connectivity index (χ2v) is 5.59. The van der Waals surface area contributed by atoms with E-state index in [1.165, 1.54) is 7.11 Å². The summed E-state index contributed by atoms with van der Waals surface area (Å²) in [4.78, 5) is 13.5. The third-order valence-corrected chi connectivity index (χ3v) is 3.64. The highest BCUT2D eigenvalue weighted by Crippen LogP contribution is 2.17. The zero-order valence-electron chi connectivity index (χ0n) is 13.7. The highest BCUT2D eigenvalue weighted by Gasteiger charge is 2.18. The molecule has 1 aromatic carbocycles. The van der Waals surface area contributed by atoms with Crippen LogP contribution in [0, 0.1) is 0 Å². The Morgan fingerprint density at radius 3 is 2.52 bits per heavy atom. The molecule has 0 aromatic heterocycles. The summed E-state index contributed by atoms with van der Waals surface area (Å²) >= 11 is 5.84. The van der Waals surface area contributed by atoms with Gasteiger partial charge in [-0.25, -0.2) is 4.79 Å². The lowest BCUT2D eigenvalue weighted by atomic mass is 10.1.